The van der Waals surface area contributed by atoms with E-state index in [0.29, 0.717) is 6.42 Å². The second-order valence-corrected chi connectivity index (χ2v) is 3.66. The van der Waals surface area contributed by atoms with Gasteiger partial charge in [0.1, 0.15) is 5.60 Å². The quantitative estimate of drug-likeness (QED) is 0.610. The minimum Gasteiger partial charge on any atom is -0.370 e. The third-order valence-corrected chi connectivity index (χ3v) is 2.89. The van der Waals surface area contributed by atoms with Crippen LogP contribution < -0.4 is 0 Å². The molecule has 0 amide bonds. The molecule has 0 atom stereocenters. The van der Waals surface area contributed by atoms with Crippen LogP contribution in [0.15, 0.2) is 12.7 Å². The molecule has 1 rings (SSSR count). The fourth-order valence-corrected chi connectivity index (χ4v) is 2.00. The van der Waals surface area contributed by atoms with Gasteiger partial charge in [0, 0.05) is 13.5 Å². The minimum atomic E-state index is -0.441. The van der Waals surface area contributed by atoms with Crippen LogP contribution in [-0.4, -0.2) is 18.5 Å². The fraction of sp³-hybridized carbons (Fsp3) is 0.727. The highest BCUT2D eigenvalue weighted by Gasteiger charge is 2.39. The van der Waals surface area contributed by atoms with Crippen molar-refractivity contribution in [2.75, 3.05) is 7.11 Å². The molecule has 2 heteroatoms. The van der Waals surface area contributed by atoms with E-state index >= 15 is 0 Å². The zero-order valence-corrected chi connectivity index (χ0v) is 8.34. The summed E-state index contributed by atoms with van der Waals surface area (Å²) in [7, 11) is 1.65. The Bertz CT molecular complexity index is 190. The van der Waals surface area contributed by atoms with Gasteiger partial charge in [0.05, 0.1) is 0 Å². The van der Waals surface area contributed by atoms with Gasteiger partial charge in [-0.25, -0.2) is 0 Å². The number of ether oxygens (including phenoxy) is 1. The molecule has 0 unspecified atom stereocenters. The smallest absolute Gasteiger partial charge is 0.164 e. The standard InChI is InChI=1S/C11H18O2/c1-3-4-7-10(12)11(13-2)8-5-6-9-11/h3H,1,4-9H2,2H3. The molecule has 0 spiro atoms. The Balaban J connectivity index is 2.54. The van der Waals surface area contributed by atoms with Crippen LogP contribution in [0.3, 0.4) is 0 Å². The zero-order chi connectivity index (χ0) is 9.73. The number of ketones is 1. The highest BCUT2D eigenvalue weighted by Crippen LogP contribution is 2.34. The van der Waals surface area contributed by atoms with Crippen LogP contribution in [0.5, 0.6) is 0 Å². The SMILES string of the molecule is C=CCCC(=O)C1(OC)CCCC1. The molecule has 13 heavy (non-hydrogen) atoms. The van der Waals surface area contributed by atoms with E-state index in [2.05, 4.69) is 6.58 Å². The van der Waals surface area contributed by atoms with Crippen molar-refractivity contribution < 1.29 is 9.53 Å². The molecule has 0 bridgehead atoms. The third-order valence-electron chi connectivity index (χ3n) is 2.89. The number of Topliss-reactive ketones (excluding diaryl/α,β-unsaturated/α-hetero) is 1. The van der Waals surface area contributed by atoms with Gasteiger partial charge in [0.15, 0.2) is 5.78 Å². The van der Waals surface area contributed by atoms with Crippen molar-refractivity contribution in [2.45, 2.75) is 44.1 Å². The molecular formula is C11H18O2. The summed E-state index contributed by atoms with van der Waals surface area (Å²) in [6.07, 6.45) is 7.18. The van der Waals surface area contributed by atoms with Gasteiger partial charge in [0.25, 0.3) is 0 Å². The highest BCUT2D eigenvalue weighted by molar-refractivity contribution is 5.87. The van der Waals surface area contributed by atoms with E-state index in [9.17, 15) is 4.79 Å². The number of hydrogen-bond acceptors (Lipinski definition) is 2. The third kappa shape index (κ3) is 2.19. The Morgan fingerprint density at radius 2 is 2.15 bits per heavy atom. The predicted octanol–water partition coefficient (Wildman–Crippen LogP) is 2.48. The maximum atomic E-state index is 11.8. The van der Waals surface area contributed by atoms with Crippen molar-refractivity contribution in [1.82, 2.24) is 0 Å². The molecule has 1 saturated carbocycles. The van der Waals surface area contributed by atoms with Gasteiger partial charge >= 0.3 is 0 Å². The molecule has 1 fully saturated rings. The summed E-state index contributed by atoms with van der Waals surface area (Å²) in [5, 5.41) is 0. The van der Waals surface area contributed by atoms with Crippen molar-refractivity contribution in [2.24, 2.45) is 0 Å². The summed E-state index contributed by atoms with van der Waals surface area (Å²) < 4.78 is 5.37. The first-order valence-electron chi connectivity index (χ1n) is 4.94. The van der Waals surface area contributed by atoms with Crippen LogP contribution in [-0.2, 0) is 9.53 Å². The van der Waals surface area contributed by atoms with E-state index in [1.807, 2.05) is 0 Å². The lowest BCUT2D eigenvalue weighted by Gasteiger charge is -2.25. The summed E-state index contributed by atoms with van der Waals surface area (Å²) in [6.45, 7) is 3.61. The number of carbonyl (C=O) groups excluding carboxylic acids is 1. The normalized spacial score (nSPS) is 20.1. The number of rotatable bonds is 5. The molecule has 0 radical (unpaired) electrons. The summed E-state index contributed by atoms with van der Waals surface area (Å²) in [5.41, 5.74) is -0.441. The van der Waals surface area contributed by atoms with Crippen LogP contribution in [0.4, 0.5) is 0 Å². The van der Waals surface area contributed by atoms with Crippen molar-refractivity contribution in [1.29, 1.82) is 0 Å². The number of methoxy groups -OCH3 is 1. The second-order valence-electron chi connectivity index (χ2n) is 3.66. The first kappa shape index (κ1) is 10.5. The van der Waals surface area contributed by atoms with Crippen LogP contribution in [0.1, 0.15) is 38.5 Å². The van der Waals surface area contributed by atoms with Gasteiger partial charge in [-0.15, -0.1) is 6.58 Å². The first-order valence-corrected chi connectivity index (χ1v) is 4.94. The topological polar surface area (TPSA) is 26.3 Å². The molecule has 0 N–H and O–H groups in total. The molecule has 0 saturated heterocycles. The van der Waals surface area contributed by atoms with Gasteiger partial charge < -0.3 is 4.74 Å². The van der Waals surface area contributed by atoms with E-state index in [1.54, 1.807) is 13.2 Å². The lowest BCUT2D eigenvalue weighted by atomic mass is 9.93. The van der Waals surface area contributed by atoms with Crippen molar-refractivity contribution in [3.63, 3.8) is 0 Å². The average Bonchev–Trinajstić information content (AvgIpc) is 2.63. The molecule has 0 aliphatic heterocycles. The van der Waals surface area contributed by atoms with Crippen molar-refractivity contribution in [3.8, 4) is 0 Å². The number of carbonyl (C=O) groups is 1. The molecule has 1 aliphatic rings. The van der Waals surface area contributed by atoms with Crippen LogP contribution >= 0.6 is 0 Å². The van der Waals surface area contributed by atoms with Crippen LogP contribution in [0, 0.1) is 0 Å². The van der Waals surface area contributed by atoms with Gasteiger partial charge in [0.2, 0.25) is 0 Å². The molecule has 0 aromatic carbocycles. The predicted molar refractivity (Wildman–Crippen MR) is 52.6 cm³/mol. The second kappa shape index (κ2) is 4.56. The molecule has 0 aromatic rings. The minimum absolute atomic E-state index is 0.257. The fourth-order valence-electron chi connectivity index (χ4n) is 2.00. The lowest BCUT2D eigenvalue weighted by Crippen LogP contribution is -2.37. The van der Waals surface area contributed by atoms with Gasteiger partial charge in [-0.2, -0.15) is 0 Å². The average molecular weight is 182 g/mol. The Morgan fingerprint density at radius 3 is 2.62 bits per heavy atom. The van der Waals surface area contributed by atoms with E-state index in [-0.39, 0.29) is 5.78 Å². The lowest BCUT2D eigenvalue weighted by molar-refractivity contribution is -0.140. The summed E-state index contributed by atoms with van der Waals surface area (Å²) in [6, 6.07) is 0. The Labute approximate surface area is 80.0 Å². The number of allylic oxidation sites excluding steroid dienone is 1. The zero-order valence-electron chi connectivity index (χ0n) is 8.34. The summed E-state index contributed by atoms with van der Waals surface area (Å²) in [4.78, 5) is 11.8. The highest BCUT2D eigenvalue weighted by atomic mass is 16.5. The maximum Gasteiger partial charge on any atom is 0.164 e. The molecule has 74 valence electrons. The summed E-state index contributed by atoms with van der Waals surface area (Å²) >= 11 is 0. The van der Waals surface area contributed by atoms with Crippen molar-refractivity contribution >= 4 is 5.78 Å². The molecule has 0 aromatic heterocycles. The molecule has 2 nitrogen and oxygen atoms in total. The Morgan fingerprint density at radius 1 is 1.54 bits per heavy atom. The van der Waals surface area contributed by atoms with Crippen LogP contribution in [0.2, 0.25) is 0 Å². The maximum absolute atomic E-state index is 11.8. The molecular weight excluding hydrogens is 164 g/mol. The van der Waals surface area contributed by atoms with Crippen LogP contribution in [0.25, 0.3) is 0 Å². The van der Waals surface area contributed by atoms with E-state index in [1.165, 1.54) is 0 Å². The van der Waals surface area contributed by atoms with E-state index < -0.39 is 5.60 Å². The van der Waals surface area contributed by atoms with Gasteiger partial charge in [-0.3, -0.25) is 4.79 Å². The molecule has 1 aliphatic carbocycles. The summed E-state index contributed by atoms with van der Waals surface area (Å²) in [5.74, 6) is 0.257. The number of hydrogen-bond donors (Lipinski definition) is 0. The Kier molecular flexibility index (Phi) is 3.67. The monoisotopic (exact) mass is 182 g/mol. The first-order chi connectivity index (χ1) is 6.25. The molecule has 0 heterocycles. The van der Waals surface area contributed by atoms with Gasteiger partial charge in [-0.05, 0) is 32.1 Å². The van der Waals surface area contributed by atoms with Gasteiger partial charge in [-0.1, -0.05) is 6.08 Å². The van der Waals surface area contributed by atoms with Crippen molar-refractivity contribution in [3.05, 3.63) is 12.7 Å². The van der Waals surface area contributed by atoms with E-state index in [4.69, 9.17) is 4.74 Å². The largest absolute Gasteiger partial charge is 0.370 e. The van der Waals surface area contributed by atoms with E-state index in [0.717, 1.165) is 32.1 Å². The Hall–Kier alpha value is -0.630.